The predicted octanol–water partition coefficient (Wildman–Crippen LogP) is 4.72. The first-order chi connectivity index (χ1) is 10.2. The fraction of sp³-hybridized carbons (Fsp3) is 0.900. The summed E-state index contributed by atoms with van der Waals surface area (Å²) < 4.78 is 6.65. The molecule has 3 fully saturated rings. The summed E-state index contributed by atoms with van der Waals surface area (Å²) in [7, 11) is 0. The van der Waals surface area contributed by atoms with Gasteiger partial charge in [0.15, 0.2) is 0 Å². The molecule has 3 rings (SSSR count). The summed E-state index contributed by atoms with van der Waals surface area (Å²) in [6.45, 7) is 13.7. The van der Waals surface area contributed by atoms with Crippen molar-refractivity contribution in [3.63, 3.8) is 0 Å². The van der Waals surface area contributed by atoms with Gasteiger partial charge >= 0.3 is 0 Å². The molecule has 1 N–H and O–H groups in total. The summed E-state index contributed by atoms with van der Waals surface area (Å²) in [5, 5.41) is 10.0. The first-order valence-electron chi connectivity index (χ1n) is 9.16. The van der Waals surface area contributed by atoms with Crippen molar-refractivity contribution >= 4 is 0 Å². The van der Waals surface area contributed by atoms with Crippen LogP contribution in [0.25, 0.3) is 0 Å². The molecular weight excluding hydrogens is 272 g/mol. The fourth-order valence-corrected chi connectivity index (χ4v) is 6.52. The molecule has 0 spiro atoms. The van der Waals surface area contributed by atoms with Crippen LogP contribution in [0.3, 0.4) is 0 Å². The van der Waals surface area contributed by atoms with Gasteiger partial charge in [-0.15, -0.1) is 6.58 Å². The first-order valence-corrected chi connectivity index (χ1v) is 9.16. The molecule has 0 aromatic carbocycles. The Bertz CT molecular complexity index is 461. The zero-order chi connectivity index (χ0) is 16.2. The lowest BCUT2D eigenvalue weighted by Gasteiger charge is -2.65. The van der Waals surface area contributed by atoms with Crippen molar-refractivity contribution in [3.8, 4) is 0 Å². The summed E-state index contributed by atoms with van der Waals surface area (Å²) in [6, 6.07) is 0. The van der Waals surface area contributed by atoms with Gasteiger partial charge in [0.05, 0.1) is 11.2 Å². The standard InChI is InChI=1S/C20H34O2/c1-6-18(3)12-8-16-19(4)11-7-10-17(2,14-21)15(19)9-13-20(16,5)22-18/h6,15-16,21H,1,7-14H2,2-5H3/t15-,16+,17+,18+,19-,20+/m1/s1. The van der Waals surface area contributed by atoms with Gasteiger partial charge in [0, 0.05) is 6.61 Å². The van der Waals surface area contributed by atoms with Crippen LogP contribution in [0.2, 0.25) is 0 Å². The predicted molar refractivity (Wildman–Crippen MR) is 90.7 cm³/mol. The average molecular weight is 306 g/mol. The van der Waals surface area contributed by atoms with Crippen molar-refractivity contribution in [2.24, 2.45) is 22.7 Å². The second-order valence-electron chi connectivity index (χ2n) is 9.29. The van der Waals surface area contributed by atoms with Crippen molar-refractivity contribution in [1.82, 2.24) is 0 Å². The van der Waals surface area contributed by atoms with Crippen LogP contribution in [0.1, 0.15) is 72.6 Å². The van der Waals surface area contributed by atoms with Crippen molar-refractivity contribution in [2.75, 3.05) is 6.61 Å². The number of hydrogen-bond donors (Lipinski definition) is 1. The van der Waals surface area contributed by atoms with E-state index in [2.05, 4.69) is 34.3 Å². The van der Waals surface area contributed by atoms with E-state index in [1.807, 2.05) is 6.08 Å². The van der Waals surface area contributed by atoms with Gasteiger partial charge in [-0.1, -0.05) is 26.3 Å². The van der Waals surface area contributed by atoms with Crippen LogP contribution in [0, 0.1) is 22.7 Å². The fourth-order valence-electron chi connectivity index (χ4n) is 6.52. The van der Waals surface area contributed by atoms with Crippen molar-refractivity contribution in [3.05, 3.63) is 12.7 Å². The quantitative estimate of drug-likeness (QED) is 0.748. The second-order valence-corrected chi connectivity index (χ2v) is 9.29. The summed E-state index contributed by atoms with van der Waals surface area (Å²) in [5.74, 6) is 1.24. The Hall–Kier alpha value is -0.340. The minimum Gasteiger partial charge on any atom is -0.396 e. The molecule has 126 valence electrons. The van der Waals surface area contributed by atoms with Crippen LogP contribution < -0.4 is 0 Å². The van der Waals surface area contributed by atoms with E-state index in [9.17, 15) is 5.11 Å². The van der Waals surface area contributed by atoms with Crippen molar-refractivity contribution in [2.45, 2.75) is 83.8 Å². The Kier molecular flexibility index (Phi) is 3.81. The van der Waals surface area contributed by atoms with E-state index >= 15 is 0 Å². The zero-order valence-electron chi connectivity index (χ0n) is 15.0. The Morgan fingerprint density at radius 3 is 2.36 bits per heavy atom. The van der Waals surface area contributed by atoms with Crippen LogP contribution in [0.4, 0.5) is 0 Å². The maximum atomic E-state index is 10.0. The van der Waals surface area contributed by atoms with E-state index in [-0.39, 0.29) is 16.6 Å². The minimum absolute atomic E-state index is 0.0276. The molecule has 22 heavy (non-hydrogen) atoms. The van der Waals surface area contributed by atoms with Gasteiger partial charge in [0.1, 0.15) is 0 Å². The molecule has 0 aromatic heterocycles. The second kappa shape index (κ2) is 5.08. The average Bonchev–Trinajstić information content (AvgIpc) is 2.46. The van der Waals surface area contributed by atoms with Gasteiger partial charge < -0.3 is 9.84 Å². The summed E-state index contributed by atoms with van der Waals surface area (Å²) in [4.78, 5) is 0. The van der Waals surface area contributed by atoms with E-state index in [0.29, 0.717) is 23.9 Å². The summed E-state index contributed by atoms with van der Waals surface area (Å²) >= 11 is 0. The SMILES string of the molecule is C=C[C@@]1(C)CC[C@H]2[C@]3(C)CCC[C@@](C)(CO)[C@H]3CC[C@]2(C)O1. The van der Waals surface area contributed by atoms with Gasteiger partial charge in [-0.05, 0) is 75.0 Å². The zero-order valence-corrected chi connectivity index (χ0v) is 15.0. The highest BCUT2D eigenvalue weighted by Crippen LogP contribution is 2.65. The van der Waals surface area contributed by atoms with E-state index < -0.39 is 0 Å². The van der Waals surface area contributed by atoms with Gasteiger partial charge in [-0.3, -0.25) is 0 Å². The van der Waals surface area contributed by atoms with E-state index in [4.69, 9.17) is 4.74 Å². The highest BCUT2D eigenvalue weighted by Gasteiger charge is 2.61. The largest absolute Gasteiger partial charge is 0.396 e. The van der Waals surface area contributed by atoms with Gasteiger partial charge in [0.2, 0.25) is 0 Å². The van der Waals surface area contributed by atoms with Crippen LogP contribution >= 0.6 is 0 Å². The van der Waals surface area contributed by atoms with Crippen LogP contribution in [0.5, 0.6) is 0 Å². The highest BCUT2D eigenvalue weighted by molar-refractivity contribution is 5.13. The Morgan fingerprint density at radius 2 is 1.73 bits per heavy atom. The molecule has 0 aromatic rings. The molecule has 1 aliphatic heterocycles. The van der Waals surface area contributed by atoms with Crippen molar-refractivity contribution in [1.29, 1.82) is 0 Å². The number of ether oxygens (including phenoxy) is 1. The number of rotatable bonds is 2. The third kappa shape index (κ3) is 2.21. The lowest BCUT2D eigenvalue weighted by atomic mass is 9.44. The molecule has 6 atom stereocenters. The molecule has 0 amide bonds. The lowest BCUT2D eigenvalue weighted by molar-refractivity contribution is -0.256. The van der Waals surface area contributed by atoms with Crippen LogP contribution in [-0.2, 0) is 4.74 Å². The van der Waals surface area contributed by atoms with Gasteiger partial charge in [-0.2, -0.15) is 0 Å². The van der Waals surface area contributed by atoms with Gasteiger partial charge in [-0.25, -0.2) is 0 Å². The van der Waals surface area contributed by atoms with E-state index in [1.54, 1.807) is 0 Å². The molecular formula is C20H34O2. The highest BCUT2D eigenvalue weighted by atomic mass is 16.5. The lowest BCUT2D eigenvalue weighted by Crippen LogP contribution is -2.63. The first kappa shape index (κ1) is 16.5. The molecule has 2 aliphatic carbocycles. The molecule has 1 heterocycles. The molecule has 2 nitrogen and oxygen atoms in total. The summed E-state index contributed by atoms with van der Waals surface area (Å²) in [6.07, 6.45) is 10.3. The molecule has 2 heteroatoms. The number of aliphatic hydroxyl groups excluding tert-OH is 1. The number of hydrogen-bond acceptors (Lipinski definition) is 2. The molecule has 1 saturated heterocycles. The molecule has 0 bridgehead atoms. The Morgan fingerprint density at radius 1 is 1.05 bits per heavy atom. The molecule has 2 saturated carbocycles. The third-order valence-electron chi connectivity index (χ3n) is 7.75. The third-order valence-corrected chi connectivity index (χ3v) is 7.75. The number of fused-ring (bicyclic) bond motifs is 3. The molecule has 0 unspecified atom stereocenters. The Balaban J connectivity index is 1.94. The molecule has 3 aliphatic rings. The molecule has 0 radical (unpaired) electrons. The maximum absolute atomic E-state index is 10.0. The summed E-state index contributed by atoms with van der Waals surface area (Å²) in [5.41, 5.74) is 0.224. The maximum Gasteiger partial charge on any atom is 0.0839 e. The normalized spacial score (nSPS) is 55.1. The number of aliphatic hydroxyl groups is 1. The van der Waals surface area contributed by atoms with Crippen LogP contribution in [0.15, 0.2) is 12.7 Å². The topological polar surface area (TPSA) is 29.5 Å². The van der Waals surface area contributed by atoms with Gasteiger partial charge in [0.25, 0.3) is 0 Å². The Labute approximate surface area is 136 Å². The monoisotopic (exact) mass is 306 g/mol. The van der Waals surface area contributed by atoms with Crippen LogP contribution in [-0.4, -0.2) is 22.9 Å². The smallest absolute Gasteiger partial charge is 0.0839 e. The van der Waals surface area contributed by atoms with E-state index in [0.717, 1.165) is 12.8 Å². The minimum atomic E-state index is -0.163. The van der Waals surface area contributed by atoms with E-state index in [1.165, 1.54) is 32.1 Å². The van der Waals surface area contributed by atoms with Crippen molar-refractivity contribution < 1.29 is 9.84 Å².